The average Bonchev–Trinajstić information content (AvgIpc) is 2.33. The Hall–Kier alpha value is -1.20. The summed E-state index contributed by atoms with van der Waals surface area (Å²) in [5, 5.41) is 3.72. The third kappa shape index (κ3) is 2.56. The number of para-hydroxylation sites is 1. The van der Waals surface area contributed by atoms with E-state index in [2.05, 4.69) is 26.2 Å². The van der Waals surface area contributed by atoms with Gasteiger partial charge in [-0.3, -0.25) is 9.36 Å². The molecule has 0 aliphatic rings. The molecule has 0 spiro atoms. The van der Waals surface area contributed by atoms with Gasteiger partial charge < -0.3 is 5.32 Å². The van der Waals surface area contributed by atoms with Crippen LogP contribution in [0.4, 0.5) is 0 Å². The Bertz CT molecular complexity index is 579. The normalized spacial score (nSPS) is 10.9. The molecule has 2 rings (SSSR count). The Balaban J connectivity index is 2.41. The zero-order valence-corrected chi connectivity index (χ0v) is 11.2. The number of nitrogens with zero attached hydrogens (tertiary/aromatic N) is 2. The van der Waals surface area contributed by atoms with E-state index < -0.39 is 0 Å². The number of halogens is 1. The molecule has 0 fully saturated rings. The van der Waals surface area contributed by atoms with Crippen LogP contribution in [0.2, 0.25) is 0 Å². The maximum Gasteiger partial charge on any atom is 0.261 e. The van der Waals surface area contributed by atoms with Crippen molar-refractivity contribution in [3.8, 4) is 0 Å². The van der Waals surface area contributed by atoms with Gasteiger partial charge >= 0.3 is 0 Å². The molecular formula is C12H14BrN3O. The number of fused-ring (bicyclic) bond motifs is 1. The van der Waals surface area contributed by atoms with Gasteiger partial charge in [-0.2, -0.15) is 0 Å². The minimum absolute atomic E-state index is 0.0207. The van der Waals surface area contributed by atoms with Crippen molar-refractivity contribution in [1.82, 2.24) is 14.9 Å². The monoisotopic (exact) mass is 295 g/mol. The van der Waals surface area contributed by atoms with Crippen LogP contribution in [-0.2, 0) is 6.54 Å². The third-order valence-corrected chi connectivity index (χ3v) is 3.27. The molecule has 1 aromatic heterocycles. The van der Waals surface area contributed by atoms with Gasteiger partial charge in [0.05, 0.1) is 17.2 Å². The van der Waals surface area contributed by atoms with E-state index in [1.165, 1.54) is 0 Å². The molecule has 0 amide bonds. The lowest BCUT2D eigenvalue weighted by Crippen LogP contribution is -2.22. The summed E-state index contributed by atoms with van der Waals surface area (Å²) in [6, 6.07) is 5.55. The highest BCUT2D eigenvalue weighted by Gasteiger charge is 2.05. The molecule has 1 N–H and O–H groups in total. The van der Waals surface area contributed by atoms with Crippen LogP contribution in [0.3, 0.4) is 0 Å². The Kier molecular flexibility index (Phi) is 3.91. The van der Waals surface area contributed by atoms with Crippen LogP contribution in [-0.4, -0.2) is 23.1 Å². The molecule has 0 bridgehead atoms. The maximum absolute atomic E-state index is 12.2. The van der Waals surface area contributed by atoms with Crippen LogP contribution in [0.15, 0.2) is 33.8 Å². The number of hydrogen-bond donors (Lipinski definition) is 1. The predicted molar refractivity (Wildman–Crippen MR) is 72.2 cm³/mol. The fraction of sp³-hybridized carbons (Fsp3) is 0.333. The highest BCUT2D eigenvalue weighted by atomic mass is 79.9. The predicted octanol–water partition coefficient (Wildman–Crippen LogP) is 1.77. The molecule has 0 atom stereocenters. The Morgan fingerprint density at radius 1 is 1.47 bits per heavy atom. The lowest BCUT2D eigenvalue weighted by Gasteiger charge is -2.06. The fourth-order valence-corrected chi connectivity index (χ4v) is 2.21. The number of aryl methyl sites for hydroxylation is 1. The Labute approximate surface area is 108 Å². The molecule has 4 nitrogen and oxygen atoms in total. The van der Waals surface area contributed by atoms with Crippen molar-refractivity contribution >= 4 is 26.8 Å². The van der Waals surface area contributed by atoms with Crippen molar-refractivity contribution in [3.05, 3.63) is 39.4 Å². The zero-order valence-electron chi connectivity index (χ0n) is 9.61. The van der Waals surface area contributed by atoms with Gasteiger partial charge in [0.25, 0.3) is 5.56 Å². The molecular weight excluding hydrogens is 282 g/mol. The van der Waals surface area contributed by atoms with Gasteiger partial charge in [-0.25, -0.2) is 4.98 Å². The number of hydrogen-bond acceptors (Lipinski definition) is 3. The summed E-state index contributed by atoms with van der Waals surface area (Å²) in [7, 11) is 1.90. The minimum atomic E-state index is 0.0207. The van der Waals surface area contributed by atoms with Crippen molar-refractivity contribution < 1.29 is 0 Å². The summed E-state index contributed by atoms with van der Waals surface area (Å²) in [6.07, 6.45) is 2.53. The maximum atomic E-state index is 12.2. The lowest BCUT2D eigenvalue weighted by molar-refractivity contribution is 0.594. The smallest absolute Gasteiger partial charge is 0.261 e. The first kappa shape index (κ1) is 12.3. The van der Waals surface area contributed by atoms with Gasteiger partial charge in [0.1, 0.15) is 0 Å². The molecule has 17 heavy (non-hydrogen) atoms. The van der Waals surface area contributed by atoms with Crippen LogP contribution in [0.1, 0.15) is 6.42 Å². The average molecular weight is 296 g/mol. The summed E-state index contributed by atoms with van der Waals surface area (Å²) >= 11 is 3.40. The van der Waals surface area contributed by atoms with Gasteiger partial charge in [0.2, 0.25) is 0 Å². The van der Waals surface area contributed by atoms with E-state index in [1.807, 2.05) is 25.2 Å². The van der Waals surface area contributed by atoms with E-state index in [4.69, 9.17) is 0 Å². The first-order valence-corrected chi connectivity index (χ1v) is 6.31. The molecule has 90 valence electrons. The summed E-state index contributed by atoms with van der Waals surface area (Å²) in [5.41, 5.74) is 0.745. The number of aromatic nitrogens is 2. The van der Waals surface area contributed by atoms with Gasteiger partial charge in [-0.1, -0.05) is 6.07 Å². The topological polar surface area (TPSA) is 46.9 Å². The van der Waals surface area contributed by atoms with Crippen molar-refractivity contribution in [3.63, 3.8) is 0 Å². The molecule has 0 saturated carbocycles. The number of benzene rings is 1. The van der Waals surface area contributed by atoms with E-state index in [0.717, 1.165) is 23.0 Å². The van der Waals surface area contributed by atoms with Gasteiger partial charge in [-0.15, -0.1) is 0 Å². The lowest BCUT2D eigenvalue weighted by atomic mass is 10.2. The van der Waals surface area contributed by atoms with E-state index in [-0.39, 0.29) is 5.56 Å². The second-order valence-corrected chi connectivity index (χ2v) is 4.69. The third-order valence-electron chi connectivity index (χ3n) is 2.63. The van der Waals surface area contributed by atoms with E-state index in [9.17, 15) is 4.79 Å². The van der Waals surface area contributed by atoms with Crippen LogP contribution >= 0.6 is 15.9 Å². The van der Waals surface area contributed by atoms with E-state index in [0.29, 0.717) is 11.9 Å². The van der Waals surface area contributed by atoms with E-state index in [1.54, 1.807) is 10.9 Å². The van der Waals surface area contributed by atoms with Crippen LogP contribution < -0.4 is 10.9 Å². The molecule has 0 saturated heterocycles. The molecule has 0 aliphatic carbocycles. The van der Waals surface area contributed by atoms with Crippen molar-refractivity contribution in [2.75, 3.05) is 13.6 Å². The highest BCUT2D eigenvalue weighted by Crippen LogP contribution is 2.18. The highest BCUT2D eigenvalue weighted by molar-refractivity contribution is 9.10. The van der Waals surface area contributed by atoms with Gasteiger partial charge in [0, 0.05) is 11.0 Å². The molecule has 2 aromatic rings. The molecule has 5 heteroatoms. The zero-order chi connectivity index (χ0) is 12.3. The molecule has 1 heterocycles. The number of nitrogens with one attached hydrogen (secondary N) is 1. The molecule has 0 aliphatic heterocycles. The van der Waals surface area contributed by atoms with Crippen LogP contribution in [0.5, 0.6) is 0 Å². The van der Waals surface area contributed by atoms with Crippen LogP contribution in [0.25, 0.3) is 10.9 Å². The number of rotatable bonds is 4. The van der Waals surface area contributed by atoms with Crippen molar-refractivity contribution in [2.45, 2.75) is 13.0 Å². The largest absolute Gasteiger partial charge is 0.320 e. The second-order valence-electron chi connectivity index (χ2n) is 3.84. The summed E-state index contributed by atoms with van der Waals surface area (Å²) < 4.78 is 2.51. The molecule has 1 aromatic carbocycles. The minimum Gasteiger partial charge on any atom is -0.320 e. The summed E-state index contributed by atoms with van der Waals surface area (Å²) in [6.45, 7) is 1.58. The fourth-order valence-electron chi connectivity index (χ4n) is 1.74. The van der Waals surface area contributed by atoms with Crippen molar-refractivity contribution in [1.29, 1.82) is 0 Å². The van der Waals surface area contributed by atoms with Gasteiger partial charge in [0.15, 0.2) is 0 Å². The van der Waals surface area contributed by atoms with E-state index >= 15 is 0 Å². The summed E-state index contributed by atoms with van der Waals surface area (Å²) in [4.78, 5) is 16.5. The summed E-state index contributed by atoms with van der Waals surface area (Å²) in [5.74, 6) is 0. The Morgan fingerprint density at radius 3 is 3.06 bits per heavy atom. The van der Waals surface area contributed by atoms with Crippen LogP contribution in [0, 0.1) is 0 Å². The first-order chi connectivity index (χ1) is 8.24. The second kappa shape index (κ2) is 5.42. The first-order valence-electron chi connectivity index (χ1n) is 5.52. The van der Waals surface area contributed by atoms with Crippen molar-refractivity contribution in [2.24, 2.45) is 0 Å². The standard InChI is InChI=1S/C12H14BrN3O/c1-14-6-3-7-16-8-15-11-9(12(16)17)4-2-5-10(11)13/h2,4-5,8,14H,3,6-7H2,1H3. The molecule has 0 unspecified atom stereocenters. The molecule has 0 radical (unpaired) electrons. The SMILES string of the molecule is CNCCCn1cnc2c(Br)cccc2c1=O. The Morgan fingerprint density at radius 2 is 2.29 bits per heavy atom. The van der Waals surface area contributed by atoms with Gasteiger partial charge in [-0.05, 0) is 48.1 Å². The quantitative estimate of drug-likeness (QED) is 0.875.